The number of nitriles is 1. The number of carbonyl (C=O) groups is 1. The fourth-order valence-electron chi connectivity index (χ4n) is 2.67. The zero-order valence-electron chi connectivity index (χ0n) is 14.3. The molecule has 0 radical (unpaired) electrons. The Bertz CT molecular complexity index is 1210. The highest BCUT2D eigenvalue weighted by atomic mass is 32.2. The molecule has 3 rings (SSSR count). The van der Waals surface area contributed by atoms with Gasteiger partial charge in [-0.25, -0.2) is 13.2 Å². The predicted molar refractivity (Wildman–Crippen MR) is 102 cm³/mol. The lowest BCUT2D eigenvalue weighted by Gasteiger charge is -2.12. The lowest BCUT2D eigenvalue weighted by Crippen LogP contribution is -2.14. The van der Waals surface area contributed by atoms with Crippen molar-refractivity contribution in [2.45, 2.75) is 4.90 Å². The third kappa shape index (κ3) is 3.65. The average Bonchev–Trinajstić information content (AvgIpc) is 2.69. The number of carboxylic acids is 1. The summed E-state index contributed by atoms with van der Waals surface area (Å²) in [4.78, 5) is 11.0. The van der Waals surface area contributed by atoms with Crippen LogP contribution in [0.2, 0.25) is 0 Å². The summed E-state index contributed by atoms with van der Waals surface area (Å²) < 4.78 is 27.7. The number of benzene rings is 3. The van der Waals surface area contributed by atoms with Gasteiger partial charge in [0, 0.05) is 0 Å². The van der Waals surface area contributed by atoms with Crippen molar-refractivity contribution in [2.24, 2.45) is 0 Å². The van der Waals surface area contributed by atoms with E-state index < -0.39 is 27.3 Å². The fraction of sp³-hybridized carbons (Fsp3) is 0. The molecule has 0 aliphatic carbocycles. The van der Waals surface area contributed by atoms with Crippen LogP contribution in [0.15, 0.2) is 71.6 Å². The summed E-state index contributed by atoms with van der Waals surface area (Å²) >= 11 is 0. The first-order valence-corrected chi connectivity index (χ1v) is 9.49. The second-order valence-corrected chi connectivity index (χ2v) is 7.48. The summed E-state index contributed by atoms with van der Waals surface area (Å²) in [6.45, 7) is 0. The Morgan fingerprint density at radius 3 is 2.43 bits per heavy atom. The topological polar surface area (TPSA) is 127 Å². The van der Waals surface area contributed by atoms with Crippen LogP contribution in [-0.4, -0.2) is 24.6 Å². The Kier molecular flexibility index (Phi) is 5.02. The zero-order chi connectivity index (χ0) is 20.3. The molecule has 0 atom stereocenters. The summed E-state index contributed by atoms with van der Waals surface area (Å²) in [6, 6.07) is 18.6. The van der Waals surface area contributed by atoms with Gasteiger partial charge in [-0.15, -0.1) is 0 Å². The standard InChI is InChI=1S/C20H14N2O5S/c21-12-14-5-1-2-8-16(14)13-6-3-7-15(11-13)28(26,27)22-18-10-4-9-17(19(18)23)20(24)25/h1-11,22-23H,(H,24,25). The van der Waals surface area contributed by atoms with E-state index in [0.29, 0.717) is 16.7 Å². The summed E-state index contributed by atoms with van der Waals surface area (Å²) in [6.07, 6.45) is 0. The summed E-state index contributed by atoms with van der Waals surface area (Å²) in [5.41, 5.74) is 0.845. The highest BCUT2D eigenvalue weighted by Crippen LogP contribution is 2.31. The molecule has 0 spiro atoms. The van der Waals surface area contributed by atoms with Crippen LogP contribution in [0, 0.1) is 11.3 Å². The highest BCUT2D eigenvalue weighted by molar-refractivity contribution is 7.92. The van der Waals surface area contributed by atoms with Crippen molar-refractivity contribution in [3.8, 4) is 22.9 Å². The van der Waals surface area contributed by atoms with Crippen LogP contribution >= 0.6 is 0 Å². The van der Waals surface area contributed by atoms with E-state index in [1.165, 1.54) is 30.3 Å². The molecule has 0 aromatic heterocycles. The first kappa shape index (κ1) is 18.9. The number of carboxylic acid groups (broad SMARTS) is 1. The number of aromatic carboxylic acids is 1. The largest absolute Gasteiger partial charge is 0.505 e. The second-order valence-electron chi connectivity index (χ2n) is 5.80. The van der Waals surface area contributed by atoms with E-state index in [1.807, 2.05) is 0 Å². The van der Waals surface area contributed by atoms with Crippen molar-refractivity contribution in [2.75, 3.05) is 4.72 Å². The Hall–Kier alpha value is -3.83. The van der Waals surface area contributed by atoms with E-state index in [2.05, 4.69) is 10.8 Å². The zero-order valence-corrected chi connectivity index (χ0v) is 15.1. The number of rotatable bonds is 5. The van der Waals surface area contributed by atoms with Gasteiger partial charge in [0.25, 0.3) is 10.0 Å². The van der Waals surface area contributed by atoms with Gasteiger partial charge in [-0.05, 0) is 41.5 Å². The maximum absolute atomic E-state index is 12.7. The average molecular weight is 394 g/mol. The maximum Gasteiger partial charge on any atom is 0.339 e. The highest BCUT2D eigenvalue weighted by Gasteiger charge is 2.20. The molecule has 3 N–H and O–H groups in total. The summed E-state index contributed by atoms with van der Waals surface area (Å²) in [5.74, 6) is -2.06. The minimum atomic E-state index is -4.11. The third-order valence-corrected chi connectivity index (χ3v) is 5.38. The number of para-hydroxylation sites is 1. The van der Waals surface area contributed by atoms with Crippen LogP contribution in [-0.2, 0) is 10.0 Å². The molecule has 0 aliphatic heterocycles. The number of nitrogens with zero attached hydrogens (tertiary/aromatic N) is 1. The molecule has 0 bridgehead atoms. The molecule has 3 aromatic rings. The van der Waals surface area contributed by atoms with E-state index in [0.717, 1.165) is 6.07 Å². The Balaban J connectivity index is 2.02. The number of hydrogen-bond acceptors (Lipinski definition) is 5. The predicted octanol–water partition coefficient (Wildman–Crippen LogP) is 3.43. The van der Waals surface area contributed by atoms with Crippen LogP contribution in [0.1, 0.15) is 15.9 Å². The van der Waals surface area contributed by atoms with Gasteiger partial charge >= 0.3 is 5.97 Å². The van der Waals surface area contributed by atoms with Gasteiger partial charge in [0.15, 0.2) is 5.75 Å². The van der Waals surface area contributed by atoms with Crippen molar-refractivity contribution >= 4 is 21.7 Å². The minimum Gasteiger partial charge on any atom is -0.505 e. The molecule has 0 aliphatic rings. The summed E-state index contributed by atoms with van der Waals surface area (Å²) in [7, 11) is -4.11. The summed E-state index contributed by atoms with van der Waals surface area (Å²) in [5, 5.41) is 28.3. The molecular formula is C20H14N2O5S. The number of sulfonamides is 1. The molecule has 28 heavy (non-hydrogen) atoms. The molecule has 8 heteroatoms. The third-order valence-electron chi connectivity index (χ3n) is 4.01. The number of anilines is 1. The smallest absolute Gasteiger partial charge is 0.339 e. The molecule has 7 nitrogen and oxygen atoms in total. The van der Waals surface area contributed by atoms with E-state index in [9.17, 15) is 23.6 Å². The quantitative estimate of drug-likeness (QED) is 0.569. The van der Waals surface area contributed by atoms with Gasteiger partial charge in [-0.3, -0.25) is 4.72 Å². The molecule has 3 aromatic carbocycles. The van der Waals surface area contributed by atoms with Crippen LogP contribution in [0.3, 0.4) is 0 Å². The van der Waals surface area contributed by atoms with Gasteiger partial charge in [0.2, 0.25) is 0 Å². The lowest BCUT2D eigenvalue weighted by atomic mass is 10.0. The molecule has 0 saturated carbocycles. The van der Waals surface area contributed by atoms with Crippen molar-refractivity contribution in [3.05, 3.63) is 77.9 Å². The first-order chi connectivity index (χ1) is 13.3. The minimum absolute atomic E-state index is 0.0992. The molecule has 0 saturated heterocycles. The van der Waals surface area contributed by atoms with Crippen LogP contribution in [0.25, 0.3) is 11.1 Å². The lowest BCUT2D eigenvalue weighted by molar-refractivity contribution is 0.0694. The van der Waals surface area contributed by atoms with E-state index in [-0.39, 0.29) is 10.6 Å². The molecule has 0 unspecified atom stereocenters. The van der Waals surface area contributed by atoms with Crippen LogP contribution < -0.4 is 4.72 Å². The van der Waals surface area contributed by atoms with Crippen molar-refractivity contribution in [3.63, 3.8) is 0 Å². The number of nitrogens with one attached hydrogen (secondary N) is 1. The molecular weight excluding hydrogens is 380 g/mol. The number of hydrogen-bond donors (Lipinski definition) is 3. The molecule has 0 heterocycles. The molecule has 140 valence electrons. The van der Waals surface area contributed by atoms with E-state index in [1.54, 1.807) is 30.3 Å². The van der Waals surface area contributed by atoms with Crippen molar-refractivity contribution < 1.29 is 23.4 Å². The van der Waals surface area contributed by atoms with E-state index in [4.69, 9.17) is 5.11 Å². The SMILES string of the molecule is N#Cc1ccccc1-c1cccc(S(=O)(=O)Nc2cccc(C(=O)O)c2O)c1. The number of phenols is 1. The Labute approximate surface area is 161 Å². The molecule has 0 amide bonds. The Morgan fingerprint density at radius 2 is 1.71 bits per heavy atom. The maximum atomic E-state index is 12.7. The van der Waals surface area contributed by atoms with Crippen LogP contribution in [0.5, 0.6) is 5.75 Å². The monoisotopic (exact) mass is 394 g/mol. The second kappa shape index (κ2) is 7.42. The van der Waals surface area contributed by atoms with Crippen LogP contribution in [0.4, 0.5) is 5.69 Å². The first-order valence-electron chi connectivity index (χ1n) is 8.01. The van der Waals surface area contributed by atoms with Gasteiger partial charge in [-0.2, -0.15) is 5.26 Å². The Morgan fingerprint density at radius 1 is 1.00 bits per heavy atom. The normalized spacial score (nSPS) is 10.8. The van der Waals surface area contributed by atoms with E-state index >= 15 is 0 Å². The molecule has 0 fully saturated rings. The van der Waals surface area contributed by atoms with Gasteiger partial charge < -0.3 is 10.2 Å². The van der Waals surface area contributed by atoms with Crippen molar-refractivity contribution in [1.82, 2.24) is 0 Å². The van der Waals surface area contributed by atoms with Crippen molar-refractivity contribution in [1.29, 1.82) is 5.26 Å². The van der Waals surface area contributed by atoms with Gasteiger partial charge in [0.1, 0.15) is 5.56 Å². The number of aromatic hydroxyl groups is 1. The van der Waals surface area contributed by atoms with Gasteiger partial charge in [0.05, 0.1) is 22.2 Å². The fourth-order valence-corrected chi connectivity index (χ4v) is 3.78. The van der Waals surface area contributed by atoms with Gasteiger partial charge in [-0.1, -0.05) is 36.4 Å².